The van der Waals surface area contributed by atoms with Gasteiger partial charge in [0.2, 0.25) is 5.91 Å². The molecule has 0 aliphatic heterocycles. The first-order chi connectivity index (χ1) is 8.97. The molecule has 1 aromatic rings. The van der Waals surface area contributed by atoms with Crippen LogP contribution >= 0.6 is 31.9 Å². The molecule has 1 atom stereocenters. The molecule has 2 N–H and O–H groups in total. The fourth-order valence-corrected chi connectivity index (χ4v) is 2.83. The summed E-state index contributed by atoms with van der Waals surface area (Å²) in [7, 11) is 0. The Morgan fingerprint density at radius 2 is 1.95 bits per heavy atom. The smallest absolute Gasteiger partial charge is 0.217 e. The van der Waals surface area contributed by atoms with E-state index in [2.05, 4.69) is 42.5 Å². The van der Waals surface area contributed by atoms with E-state index in [1.54, 1.807) is 0 Å². The van der Waals surface area contributed by atoms with Gasteiger partial charge < -0.3 is 10.6 Å². The maximum absolute atomic E-state index is 11.1. The molecule has 5 heteroatoms. The van der Waals surface area contributed by atoms with Crippen molar-refractivity contribution in [1.29, 1.82) is 0 Å². The van der Waals surface area contributed by atoms with Crippen molar-refractivity contribution in [3.63, 3.8) is 0 Å². The Hall–Kier alpha value is -1.07. The molecule has 100 valence electrons. The number of nitrogens with one attached hydrogen (secondary N) is 2. The van der Waals surface area contributed by atoms with Crippen LogP contribution in [0.4, 0.5) is 5.69 Å². The van der Waals surface area contributed by atoms with Crippen molar-refractivity contribution in [2.24, 2.45) is 0 Å². The summed E-state index contributed by atoms with van der Waals surface area (Å²) in [5.41, 5.74) is 1.98. The summed E-state index contributed by atoms with van der Waals surface area (Å²) in [6.07, 6.45) is 5.88. The average molecular weight is 386 g/mol. The number of hydrogen-bond acceptors (Lipinski definition) is 2. The van der Waals surface area contributed by atoms with E-state index in [0.29, 0.717) is 0 Å². The first-order valence-corrected chi connectivity index (χ1v) is 7.44. The lowest BCUT2D eigenvalue weighted by Crippen LogP contribution is -2.44. The maximum Gasteiger partial charge on any atom is 0.217 e. The van der Waals surface area contributed by atoms with Crippen LogP contribution in [-0.4, -0.2) is 15.2 Å². The van der Waals surface area contributed by atoms with Crippen molar-refractivity contribution in [1.82, 2.24) is 5.32 Å². The van der Waals surface area contributed by atoms with Crippen molar-refractivity contribution < 1.29 is 4.79 Å². The summed E-state index contributed by atoms with van der Waals surface area (Å²) in [6, 6.07) is 9.79. The van der Waals surface area contributed by atoms with Gasteiger partial charge in [-0.05, 0) is 24.3 Å². The Bertz CT molecular complexity index is 524. The Kier molecular flexibility index (Phi) is 4.47. The van der Waals surface area contributed by atoms with Gasteiger partial charge in [0.15, 0.2) is 0 Å². The molecule has 0 bridgehead atoms. The fourth-order valence-electron chi connectivity index (χ4n) is 1.80. The maximum atomic E-state index is 11.1. The molecule has 0 aromatic heterocycles. The number of hydrogen-bond donors (Lipinski definition) is 2. The van der Waals surface area contributed by atoms with Crippen LogP contribution in [0.15, 0.2) is 54.3 Å². The molecule has 1 amide bonds. The third kappa shape index (κ3) is 3.94. The highest BCUT2D eigenvalue weighted by atomic mass is 79.9. The summed E-state index contributed by atoms with van der Waals surface area (Å²) in [4.78, 5) is 11.1. The number of para-hydroxylation sites is 1. The standard InChI is InChI=1S/C14H14Br2N2O/c1-10(19)17-13-8-7-12(9-14(13,15)16)18-11-5-3-2-4-6-11/h2-9,13,18H,1H3,(H,17,19). The van der Waals surface area contributed by atoms with Crippen LogP contribution in [0.5, 0.6) is 0 Å². The summed E-state index contributed by atoms with van der Waals surface area (Å²) < 4.78 is -0.489. The second kappa shape index (κ2) is 5.92. The number of anilines is 1. The zero-order valence-electron chi connectivity index (χ0n) is 10.4. The van der Waals surface area contributed by atoms with Crippen molar-refractivity contribution in [3.8, 4) is 0 Å². The zero-order valence-corrected chi connectivity index (χ0v) is 13.5. The minimum atomic E-state index is -0.489. The highest BCUT2D eigenvalue weighted by Crippen LogP contribution is 2.36. The van der Waals surface area contributed by atoms with E-state index in [0.717, 1.165) is 11.4 Å². The van der Waals surface area contributed by atoms with Crippen LogP contribution < -0.4 is 10.6 Å². The van der Waals surface area contributed by atoms with E-state index in [4.69, 9.17) is 0 Å². The van der Waals surface area contributed by atoms with Gasteiger partial charge >= 0.3 is 0 Å². The van der Waals surface area contributed by atoms with Gasteiger partial charge in [0.1, 0.15) is 3.23 Å². The molecule has 0 saturated heterocycles. The van der Waals surface area contributed by atoms with Crippen LogP contribution in [0, 0.1) is 0 Å². The number of allylic oxidation sites excluding steroid dienone is 1. The number of halogens is 2. The van der Waals surface area contributed by atoms with Crippen LogP contribution in [0.2, 0.25) is 0 Å². The minimum absolute atomic E-state index is 0.0641. The van der Waals surface area contributed by atoms with Gasteiger partial charge in [0.25, 0.3) is 0 Å². The van der Waals surface area contributed by atoms with E-state index in [1.807, 2.05) is 48.6 Å². The molecule has 2 rings (SSSR count). The molecule has 0 fully saturated rings. The van der Waals surface area contributed by atoms with Crippen molar-refractivity contribution in [2.45, 2.75) is 16.2 Å². The van der Waals surface area contributed by atoms with Crippen LogP contribution in [0.25, 0.3) is 0 Å². The van der Waals surface area contributed by atoms with Gasteiger partial charge in [-0.25, -0.2) is 0 Å². The molecule has 1 aliphatic carbocycles. The summed E-state index contributed by atoms with van der Waals surface area (Å²) in [5, 5.41) is 6.18. The van der Waals surface area contributed by atoms with E-state index in [1.165, 1.54) is 6.92 Å². The van der Waals surface area contributed by atoms with Gasteiger partial charge in [-0.1, -0.05) is 56.1 Å². The van der Waals surface area contributed by atoms with Gasteiger partial charge in [-0.15, -0.1) is 0 Å². The normalized spacial score (nSPS) is 20.6. The van der Waals surface area contributed by atoms with Gasteiger partial charge in [-0.2, -0.15) is 0 Å². The van der Waals surface area contributed by atoms with Crippen molar-refractivity contribution in [3.05, 3.63) is 54.3 Å². The van der Waals surface area contributed by atoms with Crippen LogP contribution in [0.3, 0.4) is 0 Å². The van der Waals surface area contributed by atoms with Gasteiger partial charge in [0, 0.05) is 18.3 Å². The number of rotatable bonds is 3. The van der Waals surface area contributed by atoms with Crippen molar-refractivity contribution in [2.75, 3.05) is 5.32 Å². The molecule has 3 nitrogen and oxygen atoms in total. The van der Waals surface area contributed by atoms with E-state index in [9.17, 15) is 4.79 Å². The fraction of sp³-hybridized carbons (Fsp3) is 0.214. The number of benzene rings is 1. The number of carbonyl (C=O) groups excluding carboxylic acids is 1. The molecular weight excluding hydrogens is 372 g/mol. The topological polar surface area (TPSA) is 41.1 Å². The molecule has 0 saturated carbocycles. The predicted molar refractivity (Wildman–Crippen MR) is 85.5 cm³/mol. The molecule has 0 heterocycles. The van der Waals surface area contributed by atoms with Gasteiger partial charge in [0.05, 0.1) is 6.04 Å². The van der Waals surface area contributed by atoms with E-state index >= 15 is 0 Å². The van der Waals surface area contributed by atoms with E-state index in [-0.39, 0.29) is 11.9 Å². The second-order valence-electron chi connectivity index (χ2n) is 4.30. The highest BCUT2D eigenvalue weighted by molar-refractivity contribution is 9.25. The summed E-state index contributed by atoms with van der Waals surface area (Å²) >= 11 is 7.15. The van der Waals surface area contributed by atoms with Crippen LogP contribution in [0.1, 0.15) is 6.92 Å². The summed E-state index contributed by atoms with van der Waals surface area (Å²) in [6.45, 7) is 1.51. The number of carbonyl (C=O) groups is 1. The monoisotopic (exact) mass is 384 g/mol. The first kappa shape index (κ1) is 14.3. The molecule has 19 heavy (non-hydrogen) atoms. The summed E-state index contributed by atoms with van der Waals surface area (Å²) in [5.74, 6) is -0.0641. The number of amides is 1. The molecular formula is C14H14Br2N2O. The lowest BCUT2D eigenvalue weighted by atomic mass is 10.1. The quantitative estimate of drug-likeness (QED) is 0.781. The average Bonchev–Trinajstić information content (AvgIpc) is 2.33. The molecule has 0 spiro atoms. The van der Waals surface area contributed by atoms with E-state index < -0.39 is 3.23 Å². The SMILES string of the molecule is CC(=O)NC1C=CC(Nc2ccccc2)=CC1(Br)Br. The predicted octanol–water partition coefficient (Wildman–Crippen LogP) is 3.54. The molecule has 1 aromatic carbocycles. The second-order valence-corrected chi connectivity index (χ2v) is 7.99. The van der Waals surface area contributed by atoms with Crippen LogP contribution in [-0.2, 0) is 4.79 Å². The Labute approximate surface area is 129 Å². The third-order valence-electron chi connectivity index (χ3n) is 2.65. The Morgan fingerprint density at radius 3 is 2.53 bits per heavy atom. The molecule has 0 radical (unpaired) electrons. The molecule has 1 unspecified atom stereocenters. The largest absolute Gasteiger partial charge is 0.356 e. The zero-order chi connectivity index (χ0) is 13.9. The lowest BCUT2D eigenvalue weighted by Gasteiger charge is -2.30. The number of alkyl halides is 2. The Morgan fingerprint density at radius 1 is 1.26 bits per heavy atom. The van der Waals surface area contributed by atoms with Crippen molar-refractivity contribution >= 4 is 43.5 Å². The van der Waals surface area contributed by atoms with Gasteiger partial charge in [-0.3, -0.25) is 4.79 Å². The Balaban J connectivity index is 2.12. The first-order valence-electron chi connectivity index (χ1n) is 5.85. The lowest BCUT2D eigenvalue weighted by molar-refractivity contribution is -0.119. The minimum Gasteiger partial charge on any atom is -0.356 e. The third-order valence-corrected chi connectivity index (χ3v) is 4.10. The molecule has 1 aliphatic rings. The highest BCUT2D eigenvalue weighted by Gasteiger charge is 2.33.